The van der Waals surface area contributed by atoms with Crippen molar-refractivity contribution in [3.63, 3.8) is 0 Å². The van der Waals surface area contributed by atoms with E-state index in [1.807, 2.05) is 12.1 Å². The van der Waals surface area contributed by atoms with Crippen LogP contribution in [0.15, 0.2) is 115 Å². The Labute approximate surface area is 289 Å². The summed E-state index contributed by atoms with van der Waals surface area (Å²) in [6, 6.07) is 35.1. The van der Waals surface area contributed by atoms with Gasteiger partial charge in [-0.2, -0.15) is 0 Å². The summed E-state index contributed by atoms with van der Waals surface area (Å²) >= 11 is 1.64. The minimum Gasteiger partial charge on any atom is -0.403 e. The molecule has 0 spiro atoms. The summed E-state index contributed by atoms with van der Waals surface area (Å²) in [5, 5.41) is 10.2. The van der Waals surface area contributed by atoms with E-state index in [0.29, 0.717) is 18.7 Å². The summed E-state index contributed by atoms with van der Waals surface area (Å²) in [7, 11) is -1.11. The predicted molar refractivity (Wildman–Crippen MR) is 202 cm³/mol. The zero-order valence-corrected chi connectivity index (χ0v) is 30.4. The van der Waals surface area contributed by atoms with Crippen molar-refractivity contribution in [3.8, 4) is 11.1 Å². The number of thiophene rings is 1. The van der Waals surface area contributed by atoms with Crippen molar-refractivity contribution in [1.82, 2.24) is 10.6 Å². The summed E-state index contributed by atoms with van der Waals surface area (Å²) in [5.74, 6) is -0.317. The first-order valence-electron chi connectivity index (χ1n) is 16.2. The van der Waals surface area contributed by atoms with E-state index in [0.717, 1.165) is 21.6 Å². The molecule has 0 fully saturated rings. The summed E-state index contributed by atoms with van der Waals surface area (Å²) in [6.07, 6.45) is 3.28. The molecule has 0 aliphatic rings. The third kappa shape index (κ3) is 7.44. The number of carbonyl (C=O) groups excluding carboxylic acids is 2. The van der Waals surface area contributed by atoms with Gasteiger partial charge in [0.2, 0.25) is 5.91 Å². The van der Waals surface area contributed by atoms with Crippen molar-refractivity contribution in [2.24, 2.45) is 0 Å². The zero-order chi connectivity index (χ0) is 34.3. The van der Waals surface area contributed by atoms with Crippen LogP contribution in [0.25, 0.3) is 17.2 Å². The molecule has 48 heavy (non-hydrogen) atoms. The van der Waals surface area contributed by atoms with Crippen molar-refractivity contribution in [2.75, 3.05) is 7.05 Å². The molecular formula is C41H44N2O3SSi. The third-order valence-corrected chi connectivity index (χ3v) is 14.9. The van der Waals surface area contributed by atoms with Gasteiger partial charge in [-0.05, 0) is 92.3 Å². The van der Waals surface area contributed by atoms with Crippen LogP contribution in [-0.4, -0.2) is 27.2 Å². The molecule has 0 saturated carbocycles. The first kappa shape index (κ1) is 34.8. The summed E-state index contributed by atoms with van der Waals surface area (Å²) in [4.78, 5) is 25.7. The van der Waals surface area contributed by atoms with Gasteiger partial charge in [0.05, 0.1) is 13.2 Å². The third-order valence-electron chi connectivity index (χ3n) is 8.97. The molecule has 246 valence electrons. The molecule has 0 atom stereocenters. The zero-order valence-electron chi connectivity index (χ0n) is 28.6. The van der Waals surface area contributed by atoms with Gasteiger partial charge in [0, 0.05) is 23.6 Å². The molecule has 1 heterocycles. The minimum atomic E-state index is -2.71. The SMILES string of the molecule is CNC(=O)c1ccc(/C=C/C(=O)NCc2sccc2-c2ccc(C)c(CO[Si](c3ccccc3)(c3ccccc3)C(C)(C)C)c2C)cc1. The number of hydrogen-bond acceptors (Lipinski definition) is 4. The first-order chi connectivity index (χ1) is 23.0. The molecule has 7 heteroatoms. The molecule has 0 bridgehead atoms. The second-order valence-corrected chi connectivity index (χ2v) is 18.3. The van der Waals surface area contributed by atoms with Crippen LogP contribution in [0.3, 0.4) is 0 Å². The van der Waals surface area contributed by atoms with Crippen molar-refractivity contribution >= 4 is 47.9 Å². The van der Waals surface area contributed by atoms with Crippen LogP contribution in [0.1, 0.15) is 58.3 Å². The second-order valence-electron chi connectivity index (χ2n) is 13.0. The first-order valence-corrected chi connectivity index (χ1v) is 19.0. The van der Waals surface area contributed by atoms with Gasteiger partial charge in [-0.25, -0.2) is 0 Å². The monoisotopic (exact) mass is 672 g/mol. The number of nitrogens with one attached hydrogen (secondary N) is 2. The molecule has 0 aliphatic carbocycles. The number of amides is 2. The number of rotatable bonds is 11. The van der Waals surface area contributed by atoms with Gasteiger partial charge < -0.3 is 15.1 Å². The van der Waals surface area contributed by atoms with Crippen molar-refractivity contribution in [1.29, 1.82) is 0 Å². The van der Waals surface area contributed by atoms with Gasteiger partial charge in [0.1, 0.15) is 0 Å². The van der Waals surface area contributed by atoms with Crippen LogP contribution in [-0.2, 0) is 22.4 Å². The average molecular weight is 673 g/mol. The lowest BCUT2D eigenvalue weighted by molar-refractivity contribution is -0.116. The van der Waals surface area contributed by atoms with Crippen LogP contribution in [0.5, 0.6) is 0 Å². The molecule has 0 aliphatic heterocycles. The Kier molecular flexibility index (Phi) is 10.9. The average Bonchev–Trinajstić information content (AvgIpc) is 3.56. The molecule has 0 unspecified atom stereocenters. The van der Waals surface area contributed by atoms with Gasteiger partial charge >= 0.3 is 0 Å². The van der Waals surface area contributed by atoms with Crippen LogP contribution in [0, 0.1) is 13.8 Å². The Balaban J connectivity index is 1.37. The fourth-order valence-electron chi connectivity index (χ4n) is 6.35. The quantitative estimate of drug-likeness (QED) is 0.111. The van der Waals surface area contributed by atoms with Gasteiger partial charge in [-0.15, -0.1) is 11.3 Å². The van der Waals surface area contributed by atoms with Crippen molar-refractivity contribution in [3.05, 3.63) is 147 Å². The van der Waals surface area contributed by atoms with Crippen LogP contribution in [0.2, 0.25) is 5.04 Å². The summed E-state index contributed by atoms with van der Waals surface area (Å²) in [6.45, 7) is 12.2. The summed E-state index contributed by atoms with van der Waals surface area (Å²) in [5.41, 5.74) is 7.29. The Bertz CT molecular complexity index is 1850. The van der Waals surface area contributed by atoms with Crippen molar-refractivity contribution < 1.29 is 14.0 Å². The Morgan fingerprint density at radius 2 is 1.44 bits per heavy atom. The molecule has 5 aromatic rings. The van der Waals surface area contributed by atoms with Crippen LogP contribution in [0.4, 0.5) is 0 Å². The Hall–Kier alpha value is -4.56. The summed E-state index contributed by atoms with van der Waals surface area (Å²) < 4.78 is 7.34. The molecular weight excluding hydrogens is 629 g/mol. The molecule has 1 aromatic heterocycles. The highest BCUT2D eigenvalue weighted by Crippen LogP contribution is 2.39. The van der Waals surface area contributed by atoms with E-state index in [1.54, 1.807) is 36.6 Å². The Morgan fingerprint density at radius 3 is 2.02 bits per heavy atom. The standard InChI is InChI=1S/C41H44N2O3SSi/c1-29-17-23-35(36-25-26-47-38(36)27-43-39(44)24-20-31-18-21-32(22-19-31)40(45)42-6)30(2)37(29)28-46-48(41(3,4)5,33-13-9-7-10-14-33)34-15-11-8-12-16-34/h7-26H,27-28H2,1-6H3,(H,42,45)(H,43,44)/b24-20+. The molecule has 2 N–H and O–H groups in total. The largest absolute Gasteiger partial charge is 0.403 e. The number of hydrogen-bond donors (Lipinski definition) is 2. The highest BCUT2D eigenvalue weighted by Gasteiger charge is 2.50. The lowest BCUT2D eigenvalue weighted by Crippen LogP contribution is -2.66. The van der Waals surface area contributed by atoms with E-state index in [9.17, 15) is 9.59 Å². The number of carbonyl (C=O) groups is 2. The van der Waals surface area contributed by atoms with E-state index in [-0.39, 0.29) is 16.9 Å². The molecule has 4 aromatic carbocycles. The predicted octanol–water partition coefficient (Wildman–Crippen LogP) is 7.80. The smallest absolute Gasteiger partial charge is 0.261 e. The van der Waals surface area contributed by atoms with Crippen LogP contribution < -0.4 is 21.0 Å². The highest BCUT2D eigenvalue weighted by atomic mass is 32.1. The number of aryl methyl sites for hydroxylation is 1. The maximum absolute atomic E-state index is 12.8. The molecule has 2 amide bonds. The van der Waals surface area contributed by atoms with E-state index >= 15 is 0 Å². The maximum atomic E-state index is 12.8. The molecule has 5 rings (SSSR count). The number of benzene rings is 4. The highest BCUT2D eigenvalue weighted by molar-refractivity contribution is 7.10. The van der Waals surface area contributed by atoms with E-state index in [2.05, 4.69) is 129 Å². The second kappa shape index (κ2) is 15.1. The van der Waals surface area contributed by atoms with E-state index in [1.165, 1.54) is 33.1 Å². The van der Waals surface area contributed by atoms with E-state index in [4.69, 9.17) is 4.43 Å². The van der Waals surface area contributed by atoms with E-state index < -0.39 is 8.32 Å². The van der Waals surface area contributed by atoms with Crippen molar-refractivity contribution in [2.45, 2.75) is 52.8 Å². The van der Waals surface area contributed by atoms with Gasteiger partial charge in [-0.1, -0.05) is 106 Å². The molecule has 5 nitrogen and oxygen atoms in total. The lowest BCUT2D eigenvalue weighted by Gasteiger charge is -2.43. The topological polar surface area (TPSA) is 67.4 Å². The minimum absolute atomic E-state index is 0.114. The maximum Gasteiger partial charge on any atom is 0.261 e. The molecule has 0 saturated heterocycles. The molecule has 0 radical (unpaired) electrons. The normalized spacial score (nSPS) is 11.9. The van der Waals surface area contributed by atoms with Crippen LogP contribution >= 0.6 is 11.3 Å². The van der Waals surface area contributed by atoms with Gasteiger partial charge in [0.25, 0.3) is 14.2 Å². The fraction of sp³-hybridized carbons (Fsp3) is 0.220. The fourth-order valence-corrected chi connectivity index (χ4v) is 11.7. The Morgan fingerprint density at radius 1 is 0.812 bits per heavy atom. The van der Waals surface area contributed by atoms with Gasteiger partial charge in [0.15, 0.2) is 0 Å². The van der Waals surface area contributed by atoms with Gasteiger partial charge in [-0.3, -0.25) is 9.59 Å². The lowest BCUT2D eigenvalue weighted by atomic mass is 9.94.